The van der Waals surface area contributed by atoms with Crippen LogP contribution in [0.2, 0.25) is 0 Å². The Morgan fingerprint density at radius 2 is 1.78 bits per heavy atom. The molecular formula is C16H12N2O4S. The summed E-state index contributed by atoms with van der Waals surface area (Å²) in [6.45, 7) is -0.434. The number of hydrogen-bond acceptors (Lipinski definition) is 4. The second kappa shape index (κ2) is 6.05. The minimum Gasteiger partial charge on any atom is -0.480 e. The number of fused-ring (bicyclic) bond motifs is 1. The normalized spacial score (nSPS) is 10.6. The van der Waals surface area contributed by atoms with Crippen molar-refractivity contribution in [3.63, 3.8) is 0 Å². The molecule has 0 unspecified atom stereocenters. The van der Waals surface area contributed by atoms with Crippen LogP contribution in [0.3, 0.4) is 0 Å². The number of rotatable bonds is 4. The summed E-state index contributed by atoms with van der Waals surface area (Å²) in [5, 5.41) is 11.5. The van der Waals surface area contributed by atoms with Gasteiger partial charge in [-0.05, 0) is 36.4 Å². The van der Waals surface area contributed by atoms with E-state index in [1.807, 2.05) is 18.2 Å². The van der Waals surface area contributed by atoms with Gasteiger partial charge in [-0.15, -0.1) is 0 Å². The summed E-state index contributed by atoms with van der Waals surface area (Å²) in [6.07, 6.45) is 0. The summed E-state index contributed by atoms with van der Waals surface area (Å²) in [4.78, 5) is 34.6. The zero-order chi connectivity index (χ0) is 16.4. The van der Waals surface area contributed by atoms with E-state index in [0.717, 1.165) is 4.70 Å². The molecule has 0 spiro atoms. The van der Waals surface area contributed by atoms with Crippen molar-refractivity contribution in [3.05, 3.63) is 64.4 Å². The number of hydrogen-bond donors (Lipinski definition) is 2. The number of benzene rings is 2. The number of carbonyl (C=O) groups excluding carboxylic acids is 1. The van der Waals surface area contributed by atoms with E-state index < -0.39 is 18.4 Å². The minimum absolute atomic E-state index is 0.103. The maximum absolute atomic E-state index is 12.4. The first-order valence-electron chi connectivity index (χ1n) is 6.78. The number of nitrogens with zero attached hydrogens (tertiary/aromatic N) is 1. The first-order valence-corrected chi connectivity index (χ1v) is 7.55. The van der Waals surface area contributed by atoms with E-state index in [0.29, 0.717) is 16.6 Å². The molecule has 0 saturated heterocycles. The molecule has 0 aliphatic heterocycles. The van der Waals surface area contributed by atoms with Gasteiger partial charge in [0.15, 0.2) is 0 Å². The standard InChI is InChI=1S/C16H12N2O4S/c19-14(20)9-17-15(21)10-5-7-11(8-6-10)18-16(22)12-3-1-2-4-13(12)23-18/h1-8H,9H2,(H,17,21)(H,19,20). The van der Waals surface area contributed by atoms with E-state index in [1.54, 1.807) is 34.3 Å². The van der Waals surface area contributed by atoms with Crippen LogP contribution < -0.4 is 10.9 Å². The van der Waals surface area contributed by atoms with Gasteiger partial charge in [0, 0.05) is 5.56 Å². The molecule has 3 aromatic rings. The van der Waals surface area contributed by atoms with Gasteiger partial charge in [0.25, 0.3) is 11.5 Å². The van der Waals surface area contributed by atoms with E-state index in [9.17, 15) is 14.4 Å². The minimum atomic E-state index is -1.10. The second-order valence-corrected chi connectivity index (χ2v) is 5.80. The highest BCUT2D eigenvalue weighted by Gasteiger charge is 2.10. The van der Waals surface area contributed by atoms with Crippen LogP contribution in [0.5, 0.6) is 0 Å². The van der Waals surface area contributed by atoms with Crippen LogP contribution in [0.15, 0.2) is 53.3 Å². The van der Waals surface area contributed by atoms with E-state index in [-0.39, 0.29) is 5.56 Å². The summed E-state index contributed by atoms with van der Waals surface area (Å²) in [5.41, 5.74) is 0.892. The van der Waals surface area contributed by atoms with Crippen molar-refractivity contribution in [1.29, 1.82) is 0 Å². The van der Waals surface area contributed by atoms with Crippen LogP contribution in [-0.4, -0.2) is 27.5 Å². The average molecular weight is 328 g/mol. The lowest BCUT2D eigenvalue weighted by atomic mass is 10.2. The van der Waals surface area contributed by atoms with Crippen molar-refractivity contribution in [1.82, 2.24) is 9.27 Å². The third kappa shape index (κ3) is 3.00. The largest absolute Gasteiger partial charge is 0.480 e. The average Bonchev–Trinajstić information content (AvgIpc) is 2.90. The smallest absolute Gasteiger partial charge is 0.322 e. The van der Waals surface area contributed by atoms with Gasteiger partial charge >= 0.3 is 5.97 Å². The van der Waals surface area contributed by atoms with E-state index in [2.05, 4.69) is 5.32 Å². The Labute approximate surface area is 134 Å². The molecule has 6 nitrogen and oxygen atoms in total. The van der Waals surface area contributed by atoms with Crippen molar-refractivity contribution < 1.29 is 14.7 Å². The van der Waals surface area contributed by atoms with Crippen molar-refractivity contribution in [3.8, 4) is 5.69 Å². The van der Waals surface area contributed by atoms with E-state index >= 15 is 0 Å². The third-order valence-electron chi connectivity index (χ3n) is 3.26. The zero-order valence-corrected chi connectivity index (χ0v) is 12.7. The molecule has 1 amide bonds. The van der Waals surface area contributed by atoms with Gasteiger partial charge < -0.3 is 10.4 Å². The van der Waals surface area contributed by atoms with Gasteiger partial charge in [0.05, 0.1) is 15.8 Å². The number of carboxylic acid groups (broad SMARTS) is 1. The topological polar surface area (TPSA) is 88.4 Å². The van der Waals surface area contributed by atoms with Crippen molar-refractivity contribution in [2.75, 3.05) is 6.54 Å². The van der Waals surface area contributed by atoms with Crippen molar-refractivity contribution in [2.24, 2.45) is 0 Å². The fraction of sp³-hybridized carbons (Fsp3) is 0.0625. The highest BCUT2D eigenvalue weighted by Crippen LogP contribution is 2.20. The summed E-state index contributed by atoms with van der Waals surface area (Å²) in [7, 11) is 0. The van der Waals surface area contributed by atoms with E-state index in [1.165, 1.54) is 11.5 Å². The SMILES string of the molecule is O=C(O)CNC(=O)c1ccc(-n2sc3ccccc3c2=O)cc1. The number of aliphatic carboxylic acids is 1. The molecule has 0 atom stereocenters. The predicted octanol–water partition coefficient (Wildman–Crippen LogP) is 1.87. The molecule has 0 fully saturated rings. The molecule has 1 aromatic heterocycles. The molecule has 23 heavy (non-hydrogen) atoms. The van der Waals surface area contributed by atoms with Gasteiger partial charge in [-0.25, -0.2) is 3.96 Å². The summed E-state index contributed by atoms with van der Waals surface area (Å²) in [6, 6.07) is 13.8. The van der Waals surface area contributed by atoms with Crippen LogP contribution in [0.4, 0.5) is 0 Å². The molecule has 2 N–H and O–H groups in total. The number of amides is 1. The van der Waals surface area contributed by atoms with Crippen LogP contribution in [0, 0.1) is 0 Å². The lowest BCUT2D eigenvalue weighted by Crippen LogP contribution is -2.29. The Bertz CT molecular complexity index is 941. The van der Waals surface area contributed by atoms with Crippen LogP contribution in [0.1, 0.15) is 10.4 Å². The molecule has 1 heterocycles. The Morgan fingerprint density at radius 1 is 1.09 bits per heavy atom. The predicted molar refractivity (Wildman–Crippen MR) is 87.4 cm³/mol. The number of nitrogens with one attached hydrogen (secondary N) is 1. The Kier molecular flexibility index (Phi) is 3.94. The van der Waals surface area contributed by atoms with Gasteiger partial charge in [0.2, 0.25) is 0 Å². The zero-order valence-electron chi connectivity index (χ0n) is 11.9. The van der Waals surface area contributed by atoms with Crippen LogP contribution in [-0.2, 0) is 4.79 Å². The highest BCUT2D eigenvalue weighted by atomic mass is 32.1. The van der Waals surface area contributed by atoms with Gasteiger partial charge in [-0.3, -0.25) is 14.4 Å². The highest BCUT2D eigenvalue weighted by molar-refractivity contribution is 7.14. The first-order chi connectivity index (χ1) is 11.1. The van der Waals surface area contributed by atoms with Gasteiger partial charge in [-0.2, -0.15) is 0 Å². The lowest BCUT2D eigenvalue weighted by molar-refractivity contribution is -0.135. The molecule has 7 heteroatoms. The maximum Gasteiger partial charge on any atom is 0.322 e. The molecule has 0 radical (unpaired) electrons. The summed E-state index contributed by atoms with van der Waals surface area (Å²) >= 11 is 1.33. The molecule has 116 valence electrons. The molecule has 0 aliphatic rings. The molecule has 0 aliphatic carbocycles. The maximum atomic E-state index is 12.4. The number of carbonyl (C=O) groups is 2. The van der Waals surface area contributed by atoms with Gasteiger partial charge in [0.1, 0.15) is 6.54 Å². The lowest BCUT2D eigenvalue weighted by Gasteiger charge is -2.04. The Hall–Kier alpha value is -2.93. The van der Waals surface area contributed by atoms with Crippen LogP contribution >= 0.6 is 11.5 Å². The summed E-state index contributed by atoms with van der Waals surface area (Å²) in [5.74, 6) is -1.57. The molecule has 0 bridgehead atoms. The molecule has 0 saturated carbocycles. The molecule has 2 aromatic carbocycles. The fourth-order valence-electron chi connectivity index (χ4n) is 2.15. The monoisotopic (exact) mass is 328 g/mol. The fourth-order valence-corrected chi connectivity index (χ4v) is 3.15. The Morgan fingerprint density at radius 3 is 2.43 bits per heavy atom. The Balaban J connectivity index is 1.89. The van der Waals surface area contributed by atoms with Crippen LogP contribution in [0.25, 0.3) is 15.8 Å². The first kappa shape index (κ1) is 15.0. The number of carboxylic acids is 1. The van der Waals surface area contributed by atoms with Gasteiger partial charge in [-0.1, -0.05) is 23.7 Å². The molecular weight excluding hydrogens is 316 g/mol. The quantitative estimate of drug-likeness (QED) is 0.765. The van der Waals surface area contributed by atoms with Crippen molar-refractivity contribution >= 4 is 33.5 Å². The second-order valence-electron chi connectivity index (χ2n) is 4.81. The number of aromatic nitrogens is 1. The third-order valence-corrected chi connectivity index (χ3v) is 4.37. The van der Waals surface area contributed by atoms with Crippen molar-refractivity contribution in [2.45, 2.75) is 0 Å². The summed E-state index contributed by atoms with van der Waals surface area (Å²) < 4.78 is 2.45. The molecule has 3 rings (SSSR count). The van der Waals surface area contributed by atoms with E-state index in [4.69, 9.17) is 5.11 Å².